The van der Waals surface area contributed by atoms with Crippen LogP contribution in [0.3, 0.4) is 0 Å². The van der Waals surface area contributed by atoms with E-state index in [0.717, 1.165) is 25.5 Å². The maximum atomic E-state index is 13.4. The minimum atomic E-state index is -4.81. The van der Waals surface area contributed by atoms with Gasteiger partial charge in [0.15, 0.2) is 5.69 Å². The van der Waals surface area contributed by atoms with Crippen molar-refractivity contribution >= 4 is 40.7 Å². The third-order valence-corrected chi connectivity index (χ3v) is 4.47. The Bertz CT molecular complexity index is 841. The number of halogens is 5. The number of nitrogens with zero attached hydrogens (tertiary/aromatic N) is 2. The molecule has 0 aliphatic heterocycles. The monoisotopic (exact) mass is 404 g/mol. The van der Waals surface area contributed by atoms with Crippen LogP contribution in [-0.2, 0) is 6.18 Å². The van der Waals surface area contributed by atoms with E-state index in [0.29, 0.717) is 5.02 Å². The lowest BCUT2D eigenvalue weighted by atomic mass is 9.93. The summed E-state index contributed by atoms with van der Waals surface area (Å²) in [5.41, 5.74) is -1.63. The minimum Gasteiger partial charge on any atom is -0.349 e. The molecule has 1 amide bonds. The largest absolute Gasteiger partial charge is 0.434 e. The number of anilines is 2. The summed E-state index contributed by atoms with van der Waals surface area (Å²) in [6.07, 6.45) is -1.50. The molecule has 1 aromatic heterocycles. The van der Waals surface area contributed by atoms with Gasteiger partial charge in [0.1, 0.15) is 0 Å². The van der Waals surface area contributed by atoms with Crippen molar-refractivity contribution in [2.45, 2.75) is 31.5 Å². The molecule has 2 aromatic rings. The molecular weight excluding hydrogens is 392 g/mol. The SMILES string of the molecule is O=C(NC1CCC1)c1cnc(Nc2ccc(Cl)cc2Cl)nc1C(F)(F)F. The van der Waals surface area contributed by atoms with Crippen molar-refractivity contribution in [1.29, 1.82) is 0 Å². The molecule has 26 heavy (non-hydrogen) atoms. The van der Waals surface area contributed by atoms with Crippen LogP contribution in [0.4, 0.5) is 24.8 Å². The van der Waals surface area contributed by atoms with Crippen LogP contribution in [0.25, 0.3) is 0 Å². The molecule has 2 N–H and O–H groups in total. The normalized spacial score (nSPS) is 14.7. The third-order valence-electron chi connectivity index (χ3n) is 3.92. The quantitative estimate of drug-likeness (QED) is 0.765. The maximum Gasteiger partial charge on any atom is 0.434 e. The Morgan fingerprint density at radius 1 is 1.23 bits per heavy atom. The summed E-state index contributed by atoms with van der Waals surface area (Å²) in [6, 6.07) is 4.32. The molecule has 1 saturated carbocycles. The van der Waals surface area contributed by atoms with Crippen molar-refractivity contribution in [2.24, 2.45) is 0 Å². The van der Waals surface area contributed by atoms with Crippen molar-refractivity contribution in [1.82, 2.24) is 15.3 Å². The highest BCUT2D eigenvalue weighted by molar-refractivity contribution is 6.36. The summed E-state index contributed by atoms with van der Waals surface area (Å²) >= 11 is 11.8. The summed E-state index contributed by atoms with van der Waals surface area (Å²) in [7, 11) is 0. The summed E-state index contributed by atoms with van der Waals surface area (Å²) < 4.78 is 40.1. The molecule has 138 valence electrons. The molecule has 10 heteroatoms. The Kier molecular flexibility index (Phi) is 5.24. The van der Waals surface area contributed by atoms with Gasteiger partial charge in [-0.2, -0.15) is 13.2 Å². The number of carbonyl (C=O) groups is 1. The second-order valence-electron chi connectivity index (χ2n) is 5.80. The van der Waals surface area contributed by atoms with Gasteiger partial charge < -0.3 is 10.6 Å². The van der Waals surface area contributed by atoms with E-state index in [2.05, 4.69) is 20.6 Å². The van der Waals surface area contributed by atoms with Gasteiger partial charge in [0.25, 0.3) is 5.91 Å². The van der Waals surface area contributed by atoms with E-state index in [1.807, 2.05) is 0 Å². The lowest BCUT2D eigenvalue weighted by molar-refractivity contribution is -0.141. The Morgan fingerprint density at radius 3 is 2.54 bits per heavy atom. The van der Waals surface area contributed by atoms with E-state index in [-0.39, 0.29) is 22.7 Å². The topological polar surface area (TPSA) is 66.9 Å². The first-order chi connectivity index (χ1) is 12.2. The van der Waals surface area contributed by atoms with E-state index < -0.39 is 23.3 Å². The highest BCUT2D eigenvalue weighted by Crippen LogP contribution is 2.33. The first-order valence-corrected chi connectivity index (χ1v) is 8.47. The van der Waals surface area contributed by atoms with Crippen molar-refractivity contribution in [3.05, 3.63) is 45.7 Å². The zero-order valence-corrected chi connectivity index (χ0v) is 14.7. The third kappa shape index (κ3) is 4.19. The Morgan fingerprint density at radius 2 is 1.96 bits per heavy atom. The van der Waals surface area contributed by atoms with Crippen LogP contribution < -0.4 is 10.6 Å². The molecule has 1 fully saturated rings. The molecule has 3 rings (SSSR count). The average molecular weight is 405 g/mol. The molecule has 1 aromatic carbocycles. The van der Waals surface area contributed by atoms with Gasteiger partial charge in [-0.1, -0.05) is 23.2 Å². The molecule has 0 saturated heterocycles. The van der Waals surface area contributed by atoms with Gasteiger partial charge in [0.05, 0.1) is 16.3 Å². The highest BCUT2D eigenvalue weighted by Gasteiger charge is 2.38. The Labute approximate surface area is 156 Å². The molecule has 5 nitrogen and oxygen atoms in total. The van der Waals surface area contributed by atoms with E-state index >= 15 is 0 Å². The second-order valence-corrected chi connectivity index (χ2v) is 6.65. The van der Waals surface area contributed by atoms with Crippen LogP contribution in [0, 0.1) is 0 Å². The van der Waals surface area contributed by atoms with Crippen LogP contribution in [-0.4, -0.2) is 21.9 Å². The first-order valence-electron chi connectivity index (χ1n) is 7.71. The van der Waals surface area contributed by atoms with Crippen LogP contribution in [0.5, 0.6) is 0 Å². The predicted octanol–water partition coefficient (Wildman–Crippen LogP) is 4.83. The summed E-state index contributed by atoms with van der Waals surface area (Å²) in [5.74, 6) is -1.17. The fraction of sp³-hybridized carbons (Fsp3) is 0.312. The van der Waals surface area contributed by atoms with Crippen LogP contribution in [0.15, 0.2) is 24.4 Å². The molecule has 1 aliphatic rings. The van der Waals surface area contributed by atoms with E-state index in [1.54, 1.807) is 0 Å². The van der Waals surface area contributed by atoms with Gasteiger partial charge in [-0.25, -0.2) is 9.97 Å². The number of hydrogen-bond acceptors (Lipinski definition) is 4. The molecular formula is C16H13Cl2F3N4O. The smallest absolute Gasteiger partial charge is 0.349 e. The number of aromatic nitrogens is 2. The van der Waals surface area contributed by atoms with Gasteiger partial charge in [-0.3, -0.25) is 4.79 Å². The molecule has 0 radical (unpaired) electrons. The van der Waals surface area contributed by atoms with Gasteiger partial charge in [0, 0.05) is 17.3 Å². The lowest BCUT2D eigenvalue weighted by Crippen LogP contribution is -2.40. The lowest BCUT2D eigenvalue weighted by Gasteiger charge is -2.26. The molecule has 1 heterocycles. The number of rotatable bonds is 4. The summed E-state index contributed by atoms with van der Waals surface area (Å²) in [5, 5.41) is 5.72. The number of carbonyl (C=O) groups excluding carboxylic acids is 1. The van der Waals surface area contributed by atoms with Crippen LogP contribution in [0.2, 0.25) is 10.0 Å². The zero-order chi connectivity index (χ0) is 18.9. The number of benzene rings is 1. The number of nitrogens with one attached hydrogen (secondary N) is 2. The van der Waals surface area contributed by atoms with Crippen molar-refractivity contribution in [3.8, 4) is 0 Å². The Balaban J connectivity index is 1.89. The number of alkyl halides is 3. The molecule has 1 aliphatic carbocycles. The molecule has 0 bridgehead atoms. The van der Waals surface area contributed by atoms with Gasteiger partial charge in [-0.05, 0) is 37.5 Å². The van der Waals surface area contributed by atoms with Crippen LogP contribution in [0.1, 0.15) is 35.3 Å². The molecule has 0 atom stereocenters. The molecule has 0 unspecified atom stereocenters. The summed E-state index contributed by atoms with van der Waals surface area (Å²) in [4.78, 5) is 19.4. The molecule has 0 spiro atoms. The van der Waals surface area contributed by atoms with Crippen molar-refractivity contribution in [2.75, 3.05) is 5.32 Å². The zero-order valence-electron chi connectivity index (χ0n) is 13.2. The van der Waals surface area contributed by atoms with E-state index in [9.17, 15) is 18.0 Å². The van der Waals surface area contributed by atoms with Gasteiger partial charge in [-0.15, -0.1) is 0 Å². The Hall–Kier alpha value is -2.06. The summed E-state index contributed by atoms with van der Waals surface area (Å²) in [6.45, 7) is 0. The highest BCUT2D eigenvalue weighted by atomic mass is 35.5. The first kappa shape index (κ1) is 18.7. The fourth-order valence-electron chi connectivity index (χ4n) is 2.35. The predicted molar refractivity (Wildman–Crippen MR) is 91.9 cm³/mol. The number of hydrogen-bond donors (Lipinski definition) is 2. The van der Waals surface area contributed by atoms with Crippen molar-refractivity contribution < 1.29 is 18.0 Å². The second kappa shape index (κ2) is 7.28. The van der Waals surface area contributed by atoms with Gasteiger partial charge >= 0.3 is 6.18 Å². The van der Waals surface area contributed by atoms with E-state index in [4.69, 9.17) is 23.2 Å². The number of amides is 1. The van der Waals surface area contributed by atoms with E-state index in [1.165, 1.54) is 18.2 Å². The standard InChI is InChI=1S/C16H13Cl2F3N4O/c17-8-4-5-12(11(18)6-8)24-15-22-7-10(13(25-15)16(19,20)21)14(26)23-9-2-1-3-9/h4-7,9H,1-3H2,(H,23,26)(H,22,24,25). The minimum absolute atomic E-state index is 0.103. The van der Waals surface area contributed by atoms with Gasteiger partial charge in [0.2, 0.25) is 5.95 Å². The van der Waals surface area contributed by atoms with Crippen LogP contribution >= 0.6 is 23.2 Å². The van der Waals surface area contributed by atoms with Crippen molar-refractivity contribution in [3.63, 3.8) is 0 Å². The fourth-order valence-corrected chi connectivity index (χ4v) is 2.81. The average Bonchev–Trinajstić information content (AvgIpc) is 2.52. The maximum absolute atomic E-state index is 13.4.